The third kappa shape index (κ3) is 3.88. The van der Waals surface area contributed by atoms with Crippen LogP contribution in [0.25, 0.3) is 0 Å². The molecule has 0 heterocycles. The number of thioether (sulfide) groups is 1. The number of aliphatic hydroxyl groups is 1. The van der Waals surface area contributed by atoms with Gasteiger partial charge in [-0.1, -0.05) is 12.8 Å². The van der Waals surface area contributed by atoms with Crippen molar-refractivity contribution < 1.29 is 5.11 Å². The quantitative estimate of drug-likeness (QED) is 0.805. The summed E-state index contributed by atoms with van der Waals surface area (Å²) in [6, 6.07) is 0.643. The van der Waals surface area contributed by atoms with Crippen molar-refractivity contribution in [1.29, 1.82) is 0 Å². The summed E-state index contributed by atoms with van der Waals surface area (Å²) < 4.78 is 0. The largest absolute Gasteiger partial charge is 0.388 e. The van der Waals surface area contributed by atoms with Gasteiger partial charge < -0.3 is 10.4 Å². The number of hydrogen-bond donors (Lipinski definition) is 2. The normalized spacial score (nSPS) is 27.5. The lowest BCUT2D eigenvalue weighted by Crippen LogP contribution is -2.46. The van der Waals surface area contributed by atoms with Gasteiger partial charge in [0, 0.05) is 18.3 Å². The molecule has 106 valence electrons. The fourth-order valence-corrected chi connectivity index (χ4v) is 4.51. The van der Waals surface area contributed by atoms with Crippen LogP contribution in [0.2, 0.25) is 0 Å². The molecule has 2 N–H and O–H groups in total. The molecular formula is C15H29NOS. The fraction of sp³-hybridized carbons (Fsp3) is 1.00. The molecule has 18 heavy (non-hydrogen) atoms. The molecular weight excluding hydrogens is 242 g/mol. The van der Waals surface area contributed by atoms with Crippen molar-refractivity contribution in [3.05, 3.63) is 0 Å². The molecule has 0 saturated heterocycles. The highest BCUT2D eigenvalue weighted by Gasteiger charge is 2.37. The maximum Gasteiger partial charge on any atom is 0.0833 e. The molecule has 2 rings (SSSR count). The Morgan fingerprint density at radius 3 is 2.39 bits per heavy atom. The summed E-state index contributed by atoms with van der Waals surface area (Å²) in [4.78, 5) is 0. The average Bonchev–Trinajstić information content (AvgIpc) is 2.77. The Labute approximate surface area is 116 Å². The summed E-state index contributed by atoms with van der Waals surface area (Å²) in [6.45, 7) is 2.68. The number of nitrogens with one attached hydrogen (secondary N) is 1. The first-order valence-electron chi connectivity index (χ1n) is 7.50. The van der Waals surface area contributed by atoms with Gasteiger partial charge in [0.15, 0.2) is 0 Å². The highest BCUT2D eigenvalue weighted by Crippen LogP contribution is 2.48. The lowest BCUT2D eigenvalue weighted by molar-refractivity contribution is 0.0745. The molecule has 1 unspecified atom stereocenters. The second-order valence-corrected chi connectivity index (χ2v) is 7.66. The van der Waals surface area contributed by atoms with E-state index >= 15 is 0 Å². The van der Waals surface area contributed by atoms with Crippen molar-refractivity contribution in [2.75, 3.05) is 18.6 Å². The highest BCUT2D eigenvalue weighted by molar-refractivity contribution is 7.98. The van der Waals surface area contributed by atoms with E-state index < -0.39 is 5.60 Å². The van der Waals surface area contributed by atoms with Crippen molar-refractivity contribution in [2.45, 2.75) is 69.9 Å². The maximum atomic E-state index is 10.2. The van der Waals surface area contributed by atoms with Gasteiger partial charge in [-0.25, -0.2) is 0 Å². The predicted molar refractivity (Wildman–Crippen MR) is 80.2 cm³/mol. The van der Waals surface area contributed by atoms with Gasteiger partial charge >= 0.3 is 0 Å². The van der Waals surface area contributed by atoms with Crippen LogP contribution >= 0.6 is 11.8 Å². The molecule has 0 aliphatic heterocycles. The lowest BCUT2D eigenvalue weighted by Gasteiger charge is -2.38. The van der Waals surface area contributed by atoms with Gasteiger partial charge in [0.25, 0.3) is 0 Å². The number of hydrogen-bond acceptors (Lipinski definition) is 3. The Morgan fingerprint density at radius 2 is 1.83 bits per heavy atom. The second kappa shape index (κ2) is 6.15. The molecule has 1 spiro atoms. The summed E-state index contributed by atoms with van der Waals surface area (Å²) in [5.41, 5.74) is 0.169. The van der Waals surface area contributed by atoms with Crippen LogP contribution in [0.3, 0.4) is 0 Å². The summed E-state index contributed by atoms with van der Waals surface area (Å²) in [5, 5.41) is 13.8. The monoisotopic (exact) mass is 271 g/mol. The molecule has 0 radical (unpaired) electrons. The van der Waals surface area contributed by atoms with Crippen LogP contribution in [0.5, 0.6) is 0 Å². The third-order valence-corrected chi connectivity index (χ3v) is 5.85. The zero-order valence-electron chi connectivity index (χ0n) is 12.0. The molecule has 2 aliphatic carbocycles. The van der Waals surface area contributed by atoms with Crippen molar-refractivity contribution in [1.82, 2.24) is 5.32 Å². The standard InChI is InChI=1S/C15H29NOS/c1-14(17,12-18-2)11-16-13-5-9-15(10-6-13)7-3-4-8-15/h13,16-17H,3-12H2,1-2H3. The average molecular weight is 271 g/mol. The second-order valence-electron chi connectivity index (χ2n) is 6.79. The van der Waals surface area contributed by atoms with Gasteiger partial charge in [0.05, 0.1) is 5.60 Å². The molecule has 0 aromatic heterocycles. The Morgan fingerprint density at radius 1 is 1.22 bits per heavy atom. The van der Waals surface area contributed by atoms with Crippen LogP contribution in [-0.2, 0) is 0 Å². The molecule has 0 aromatic carbocycles. The van der Waals surface area contributed by atoms with E-state index in [2.05, 4.69) is 11.6 Å². The van der Waals surface area contributed by atoms with Crippen LogP contribution in [0.1, 0.15) is 58.3 Å². The van der Waals surface area contributed by atoms with Crippen molar-refractivity contribution in [3.8, 4) is 0 Å². The van der Waals surface area contributed by atoms with E-state index in [0.29, 0.717) is 6.04 Å². The van der Waals surface area contributed by atoms with Gasteiger partial charge in [0.2, 0.25) is 0 Å². The molecule has 1 atom stereocenters. The lowest BCUT2D eigenvalue weighted by atomic mass is 9.71. The van der Waals surface area contributed by atoms with Crippen LogP contribution < -0.4 is 5.32 Å². The zero-order chi connectivity index (χ0) is 13.1. The Bertz CT molecular complexity index is 251. The zero-order valence-corrected chi connectivity index (χ0v) is 12.8. The van der Waals surface area contributed by atoms with Gasteiger partial charge in [-0.3, -0.25) is 0 Å². The van der Waals surface area contributed by atoms with E-state index in [9.17, 15) is 5.11 Å². The smallest absolute Gasteiger partial charge is 0.0833 e. The molecule has 2 fully saturated rings. The predicted octanol–water partition coefficient (Wildman–Crippen LogP) is 3.19. The van der Waals surface area contributed by atoms with E-state index in [0.717, 1.165) is 17.7 Å². The summed E-state index contributed by atoms with van der Waals surface area (Å²) in [6.07, 6.45) is 13.4. The van der Waals surface area contributed by atoms with Crippen LogP contribution in [0, 0.1) is 5.41 Å². The Kier molecular flexibility index (Phi) is 5.01. The van der Waals surface area contributed by atoms with Gasteiger partial charge in [0.1, 0.15) is 0 Å². The molecule has 2 nitrogen and oxygen atoms in total. The van der Waals surface area contributed by atoms with Gasteiger partial charge in [-0.2, -0.15) is 11.8 Å². The van der Waals surface area contributed by atoms with Gasteiger partial charge in [-0.05, 0) is 57.1 Å². The topological polar surface area (TPSA) is 32.3 Å². The molecule has 0 bridgehead atoms. The van der Waals surface area contributed by atoms with Crippen molar-refractivity contribution >= 4 is 11.8 Å². The first kappa shape index (κ1) is 14.7. The number of rotatable bonds is 5. The first-order chi connectivity index (χ1) is 8.55. The van der Waals surface area contributed by atoms with Gasteiger partial charge in [-0.15, -0.1) is 0 Å². The molecule has 2 aliphatic rings. The Balaban J connectivity index is 1.70. The minimum atomic E-state index is -0.554. The summed E-state index contributed by atoms with van der Waals surface area (Å²) in [5.74, 6) is 0.816. The third-order valence-electron chi connectivity index (χ3n) is 4.94. The van der Waals surface area contributed by atoms with E-state index in [4.69, 9.17) is 0 Å². The fourth-order valence-electron chi connectivity index (χ4n) is 3.79. The summed E-state index contributed by atoms with van der Waals surface area (Å²) >= 11 is 1.72. The maximum absolute atomic E-state index is 10.2. The summed E-state index contributed by atoms with van der Waals surface area (Å²) in [7, 11) is 0. The minimum absolute atomic E-state index is 0.554. The van der Waals surface area contributed by atoms with E-state index in [-0.39, 0.29) is 0 Å². The molecule has 0 amide bonds. The van der Waals surface area contributed by atoms with E-state index in [1.54, 1.807) is 11.8 Å². The van der Waals surface area contributed by atoms with E-state index in [1.807, 2.05) is 6.92 Å². The first-order valence-corrected chi connectivity index (χ1v) is 8.89. The molecule has 3 heteroatoms. The van der Waals surface area contributed by atoms with Crippen LogP contribution in [0.15, 0.2) is 0 Å². The van der Waals surface area contributed by atoms with Crippen molar-refractivity contribution in [3.63, 3.8) is 0 Å². The van der Waals surface area contributed by atoms with Crippen LogP contribution in [0.4, 0.5) is 0 Å². The van der Waals surface area contributed by atoms with Crippen LogP contribution in [-0.4, -0.2) is 35.3 Å². The van der Waals surface area contributed by atoms with E-state index in [1.165, 1.54) is 51.4 Å². The Hall–Kier alpha value is 0.270. The molecule has 2 saturated carbocycles. The molecule has 0 aromatic rings. The minimum Gasteiger partial charge on any atom is -0.388 e. The SMILES string of the molecule is CSCC(C)(O)CNC1CCC2(CCCC2)CC1. The van der Waals surface area contributed by atoms with Crippen molar-refractivity contribution in [2.24, 2.45) is 5.41 Å². The highest BCUT2D eigenvalue weighted by atomic mass is 32.2.